The summed E-state index contributed by atoms with van der Waals surface area (Å²) in [5.41, 5.74) is 4.07. The summed E-state index contributed by atoms with van der Waals surface area (Å²) >= 11 is 0. The molecule has 1 N–H and O–H groups in total. The fraction of sp³-hybridized carbons (Fsp3) is 0.310. The van der Waals surface area contributed by atoms with Crippen LogP contribution in [0.25, 0.3) is 0 Å². The summed E-state index contributed by atoms with van der Waals surface area (Å²) in [5, 5.41) is 2.64. The van der Waals surface area contributed by atoms with Crippen LogP contribution >= 0.6 is 0 Å². The van der Waals surface area contributed by atoms with Gasteiger partial charge in [0.1, 0.15) is 12.6 Å². The Morgan fingerprint density at radius 2 is 1.49 bits per heavy atom. The molecule has 0 radical (unpaired) electrons. The molecule has 3 rings (SSSR count). The number of benzene rings is 3. The van der Waals surface area contributed by atoms with Gasteiger partial charge in [0.05, 0.1) is 10.6 Å². The summed E-state index contributed by atoms with van der Waals surface area (Å²) in [6, 6.07) is 20.5. The van der Waals surface area contributed by atoms with Crippen molar-refractivity contribution in [1.29, 1.82) is 0 Å². The molecule has 1 atom stereocenters. The molecule has 0 aliphatic carbocycles. The minimum absolute atomic E-state index is 0.0935. The molecule has 0 bridgehead atoms. The summed E-state index contributed by atoms with van der Waals surface area (Å²) in [7, 11) is -2.54. The molecule has 7 nitrogen and oxygen atoms in total. The highest BCUT2D eigenvalue weighted by Gasteiger charge is 2.33. The smallest absolute Gasteiger partial charge is 0.264 e. The van der Waals surface area contributed by atoms with Crippen LogP contribution in [0.5, 0.6) is 0 Å². The third-order valence-corrected chi connectivity index (χ3v) is 8.03. The summed E-state index contributed by atoms with van der Waals surface area (Å²) in [6.45, 7) is 7.27. The van der Waals surface area contributed by atoms with Gasteiger partial charge >= 0.3 is 0 Å². The van der Waals surface area contributed by atoms with E-state index < -0.39 is 28.5 Å². The molecule has 8 heteroatoms. The fourth-order valence-corrected chi connectivity index (χ4v) is 5.65. The van der Waals surface area contributed by atoms with Crippen molar-refractivity contribution in [2.45, 2.75) is 51.6 Å². The molecule has 196 valence electrons. The number of hydrogen-bond acceptors (Lipinski definition) is 4. The summed E-state index contributed by atoms with van der Waals surface area (Å²) in [5.74, 6) is -0.763. The van der Waals surface area contributed by atoms with E-state index in [9.17, 15) is 18.0 Å². The first-order valence-corrected chi connectivity index (χ1v) is 13.7. The number of aryl methyl sites for hydroxylation is 3. The minimum Gasteiger partial charge on any atom is -0.357 e. The van der Waals surface area contributed by atoms with Gasteiger partial charge in [0.2, 0.25) is 11.8 Å². The number of rotatable bonds is 10. The Kier molecular flexibility index (Phi) is 9.10. The number of carbonyl (C=O) groups excluding carboxylic acids is 2. The highest BCUT2D eigenvalue weighted by atomic mass is 32.2. The maximum atomic E-state index is 13.9. The standard InChI is InChI=1S/C29H35N3O4S/c1-6-27(29(34)30-5)31(19-24-11-7-9-22(3)17-24)28(33)20-32(25-12-8-10-23(4)18-25)37(35,36)26-15-13-21(2)14-16-26/h7-18,27H,6,19-20H2,1-5H3,(H,30,34)/t27-/m1/s1. The predicted molar refractivity (Wildman–Crippen MR) is 147 cm³/mol. The van der Waals surface area contributed by atoms with Gasteiger partial charge in [0.15, 0.2) is 0 Å². The Hall–Kier alpha value is -3.65. The Balaban J connectivity index is 2.06. The number of amides is 2. The van der Waals surface area contributed by atoms with Gasteiger partial charge in [-0.25, -0.2) is 8.42 Å². The zero-order valence-corrected chi connectivity index (χ0v) is 22.9. The number of nitrogens with zero attached hydrogens (tertiary/aromatic N) is 2. The monoisotopic (exact) mass is 521 g/mol. The van der Waals surface area contributed by atoms with E-state index in [1.165, 1.54) is 11.9 Å². The maximum absolute atomic E-state index is 13.9. The molecule has 0 heterocycles. The molecule has 37 heavy (non-hydrogen) atoms. The summed E-state index contributed by atoms with van der Waals surface area (Å²) in [6.07, 6.45) is 0.381. The number of carbonyl (C=O) groups is 2. The fourth-order valence-electron chi connectivity index (χ4n) is 4.24. The van der Waals surface area contributed by atoms with Crippen LogP contribution in [-0.4, -0.2) is 44.8 Å². The molecule has 0 spiro atoms. The molecule has 0 aliphatic rings. The van der Waals surface area contributed by atoms with Crippen LogP contribution in [-0.2, 0) is 26.2 Å². The number of hydrogen-bond donors (Lipinski definition) is 1. The quantitative estimate of drug-likeness (QED) is 0.430. The van der Waals surface area contributed by atoms with E-state index in [1.807, 2.05) is 58.0 Å². The minimum atomic E-state index is -4.07. The molecule has 3 aromatic rings. The van der Waals surface area contributed by atoms with Crippen molar-refractivity contribution in [3.63, 3.8) is 0 Å². The van der Waals surface area contributed by atoms with Crippen molar-refractivity contribution < 1.29 is 18.0 Å². The Morgan fingerprint density at radius 3 is 2.05 bits per heavy atom. The van der Waals surface area contributed by atoms with Crippen LogP contribution in [0.3, 0.4) is 0 Å². The van der Waals surface area contributed by atoms with Crippen LogP contribution in [0.4, 0.5) is 5.69 Å². The molecule has 0 aromatic heterocycles. The molecule has 0 fully saturated rings. The summed E-state index contributed by atoms with van der Waals surface area (Å²) in [4.78, 5) is 28.2. The predicted octanol–water partition coefficient (Wildman–Crippen LogP) is 4.36. The molecule has 0 saturated heterocycles. The highest BCUT2D eigenvalue weighted by molar-refractivity contribution is 7.92. The van der Waals surface area contributed by atoms with E-state index in [2.05, 4.69) is 5.32 Å². The van der Waals surface area contributed by atoms with E-state index in [1.54, 1.807) is 42.5 Å². The molecule has 0 unspecified atom stereocenters. The first kappa shape index (κ1) is 27.9. The van der Waals surface area contributed by atoms with Crippen molar-refractivity contribution in [3.05, 3.63) is 95.1 Å². The lowest BCUT2D eigenvalue weighted by Gasteiger charge is -2.33. The zero-order valence-electron chi connectivity index (χ0n) is 22.1. The van der Waals surface area contributed by atoms with Gasteiger partial charge in [0, 0.05) is 13.6 Å². The van der Waals surface area contributed by atoms with Crippen LogP contribution < -0.4 is 9.62 Å². The van der Waals surface area contributed by atoms with E-state index in [-0.39, 0.29) is 17.3 Å². The number of sulfonamides is 1. The van der Waals surface area contributed by atoms with Crippen LogP contribution in [0.2, 0.25) is 0 Å². The topological polar surface area (TPSA) is 86.8 Å². The van der Waals surface area contributed by atoms with Crippen LogP contribution in [0.1, 0.15) is 35.6 Å². The second-order valence-corrected chi connectivity index (χ2v) is 11.1. The van der Waals surface area contributed by atoms with E-state index in [0.29, 0.717) is 12.1 Å². The molecule has 0 aliphatic heterocycles. The van der Waals surface area contributed by atoms with E-state index in [4.69, 9.17) is 0 Å². The molecular weight excluding hydrogens is 486 g/mol. The van der Waals surface area contributed by atoms with Gasteiger partial charge in [-0.15, -0.1) is 0 Å². The van der Waals surface area contributed by atoms with Gasteiger partial charge < -0.3 is 10.2 Å². The van der Waals surface area contributed by atoms with Crippen molar-refractivity contribution in [2.24, 2.45) is 0 Å². The average molecular weight is 522 g/mol. The van der Waals surface area contributed by atoms with Gasteiger partial charge in [0.25, 0.3) is 10.0 Å². The second-order valence-electron chi connectivity index (χ2n) is 9.21. The molecular formula is C29H35N3O4S. The van der Waals surface area contributed by atoms with Gasteiger partial charge in [-0.05, 0) is 62.6 Å². The van der Waals surface area contributed by atoms with Crippen LogP contribution in [0, 0.1) is 20.8 Å². The van der Waals surface area contributed by atoms with E-state index in [0.717, 1.165) is 26.6 Å². The third-order valence-electron chi connectivity index (χ3n) is 6.25. The summed E-state index contributed by atoms with van der Waals surface area (Å²) < 4.78 is 28.8. The van der Waals surface area contributed by atoms with Gasteiger partial charge in [-0.3, -0.25) is 13.9 Å². The largest absolute Gasteiger partial charge is 0.357 e. The maximum Gasteiger partial charge on any atom is 0.264 e. The van der Waals surface area contributed by atoms with Crippen molar-refractivity contribution in [2.75, 3.05) is 17.9 Å². The molecule has 2 amide bonds. The first-order valence-electron chi connectivity index (χ1n) is 12.3. The normalized spacial score (nSPS) is 12.0. The van der Waals surface area contributed by atoms with Crippen molar-refractivity contribution in [3.8, 4) is 0 Å². The lowest BCUT2D eigenvalue weighted by molar-refractivity contribution is -0.140. The SMILES string of the molecule is CC[C@H](C(=O)NC)N(Cc1cccc(C)c1)C(=O)CN(c1cccc(C)c1)S(=O)(=O)c1ccc(C)cc1. The van der Waals surface area contributed by atoms with Crippen molar-refractivity contribution in [1.82, 2.24) is 10.2 Å². The second kappa shape index (κ2) is 12.1. The first-order chi connectivity index (χ1) is 17.6. The van der Waals surface area contributed by atoms with E-state index >= 15 is 0 Å². The lowest BCUT2D eigenvalue weighted by atomic mass is 10.1. The lowest BCUT2D eigenvalue weighted by Crippen LogP contribution is -2.51. The van der Waals surface area contributed by atoms with Gasteiger partial charge in [-0.1, -0.05) is 66.6 Å². The molecule has 0 saturated carbocycles. The number of likely N-dealkylation sites (N-methyl/N-ethyl adjacent to an activating group) is 1. The van der Waals surface area contributed by atoms with Crippen LogP contribution in [0.15, 0.2) is 77.7 Å². The Labute approximate surface area is 220 Å². The Bertz CT molecular complexity index is 1350. The average Bonchev–Trinajstić information content (AvgIpc) is 2.87. The highest BCUT2D eigenvalue weighted by Crippen LogP contribution is 2.26. The number of nitrogens with one attached hydrogen (secondary N) is 1. The third kappa shape index (κ3) is 6.77. The zero-order chi connectivity index (χ0) is 27.2. The molecule has 3 aromatic carbocycles. The van der Waals surface area contributed by atoms with Gasteiger partial charge in [-0.2, -0.15) is 0 Å². The Morgan fingerprint density at radius 1 is 0.865 bits per heavy atom. The number of anilines is 1. The van der Waals surface area contributed by atoms with Crippen molar-refractivity contribution >= 4 is 27.5 Å².